The molecule has 1 aromatic heterocycles. The summed E-state index contributed by atoms with van der Waals surface area (Å²) < 4.78 is 1.81. The predicted molar refractivity (Wildman–Crippen MR) is 116 cm³/mol. The topological polar surface area (TPSA) is 71.4 Å². The summed E-state index contributed by atoms with van der Waals surface area (Å²) in [4.78, 5) is 38.8. The van der Waals surface area contributed by atoms with Crippen LogP contribution in [0.3, 0.4) is 0 Å². The molecule has 30 heavy (non-hydrogen) atoms. The average Bonchev–Trinajstić information content (AvgIpc) is 3.17. The maximum absolute atomic E-state index is 13.1. The number of benzene rings is 2. The Kier molecular flexibility index (Phi) is 5.01. The number of imide groups is 2. The van der Waals surface area contributed by atoms with E-state index in [0.29, 0.717) is 16.4 Å². The van der Waals surface area contributed by atoms with Gasteiger partial charge in [0.1, 0.15) is 5.57 Å². The zero-order valence-electron chi connectivity index (χ0n) is 16.3. The van der Waals surface area contributed by atoms with Crippen LogP contribution in [0, 0.1) is 13.8 Å². The summed E-state index contributed by atoms with van der Waals surface area (Å²) in [5.41, 5.74) is 3.59. The normalized spacial score (nSPS) is 15.6. The van der Waals surface area contributed by atoms with Gasteiger partial charge in [0.25, 0.3) is 11.8 Å². The van der Waals surface area contributed by atoms with Crippen molar-refractivity contribution in [2.75, 3.05) is 4.90 Å². The number of aromatic nitrogens is 1. The molecule has 3 aromatic rings. The van der Waals surface area contributed by atoms with Gasteiger partial charge in [0.05, 0.1) is 5.69 Å². The van der Waals surface area contributed by atoms with Crippen LogP contribution in [0.25, 0.3) is 11.8 Å². The first-order valence-electron chi connectivity index (χ1n) is 9.27. The van der Waals surface area contributed by atoms with Gasteiger partial charge in [-0.05, 0) is 61.9 Å². The third-order valence-electron chi connectivity index (χ3n) is 4.90. The van der Waals surface area contributed by atoms with Gasteiger partial charge in [0, 0.05) is 22.6 Å². The van der Waals surface area contributed by atoms with Crippen molar-refractivity contribution in [2.24, 2.45) is 0 Å². The van der Waals surface area contributed by atoms with Gasteiger partial charge in [-0.1, -0.05) is 35.4 Å². The second-order valence-electron chi connectivity index (χ2n) is 7.03. The zero-order chi connectivity index (χ0) is 21.4. The monoisotopic (exact) mass is 419 g/mol. The standard InChI is InChI=1S/C23H18ClN3O3/c1-14-5-8-16(9-6-14)27-22(29)19(21(28)25-23(27)30)12-17-4-3-11-26(17)18-10-7-15(2)20(24)13-18/h3-13H,1-2H3,(H,25,28,30)/b19-12+. The van der Waals surface area contributed by atoms with E-state index in [9.17, 15) is 14.4 Å². The van der Waals surface area contributed by atoms with E-state index in [2.05, 4.69) is 5.32 Å². The molecule has 0 atom stereocenters. The van der Waals surface area contributed by atoms with Gasteiger partial charge < -0.3 is 4.57 Å². The minimum absolute atomic E-state index is 0.131. The van der Waals surface area contributed by atoms with Crippen LogP contribution in [0.1, 0.15) is 16.8 Å². The number of urea groups is 1. The second kappa shape index (κ2) is 7.65. The molecule has 1 aliphatic heterocycles. The number of nitrogens with zero attached hydrogens (tertiary/aromatic N) is 2. The van der Waals surface area contributed by atoms with Gasteiger partial charge in [-0.15, -0.1) is 0 Å². The van der Waals surface area contributed by atoms with Crippen LogP contribution in [-0.4, -0.2) is 22.4 Å². The Hall–Kier alpha value is -3.64. The number of carbonyl (C=O) groups excluding carboxylic acids is 3. The highest BCUT2D eigenvalue weighted by molar-refractivity contribution is 6.39. The molecule has 1 aliphatic rings. The van der Waals surface area contributed by atoms with Gasteiger partial charge in [-0.25, -0.2) is 9.69 Å². The van der Waals surface area contributed by atoms with Crippen molar-refractivity contribution in [1.29, 1.82) is 0 Å². The van der Waals surface area contributed by atoms with Crippen molar-refractivity contribution in [3.63, 3.8) is 0 Å². The van der Waals surface area contributed by atoms with Crippen LogP contribution in [0.2, 0.25) is 5.02 Å². The zero-order valence-corrected chi connectivity index (χ0v) is 17.1. The summed E-state index contributed by atoms with van der Waals surface area (Å²) in [6.45, 7) is 3.81. The number of hydrogen-bond donors (Lipinski definition) is 1. The van der Waals surface area contributed by atoms with Crippen LogP contribution in [0.4, 0.5) is 10.5 Å². The van der Waals surface area contributed by atoms with Crippen molar-refractivity contribution in [3.05, 3.63) is 88.2 Å². The Balaban J connectivity index is 1.74. The van der Waals surface area contributed by atoms with Crippen molar-refractivity contribution >= 4 is 41.2 Å². The van der Waals surface area contributed by atoms with Crippen LogP contribution < -0.4 is 10.2 Å². The second-order valence-corrected chi connectivity index (χ2v) is 7.44. The largest absolute Gasteiger partial charge is 0.335 e. The van der Waals surface area contributed by atoms with Crippen LogP contribution in [-0.2, 0) is 9.59 Å². The molecule has 0 radical (unpaired) electrons. The molecule has 4 rings (SSSR count). The Morgan fingerprint density at radius 1 is 0.933 bits per heavy atom. The van der Waals surface area contributed by atoms with E-state index in [1.54, 1.807) is 36.4 Å². The molecule has 4 amide bonds. The molecular formula is C23H18ClN3O3. The lowest BCUT2D eigenvalue weighted by Crippen LogP contribution is -2.54. The maximum atomic E-state index is 13.1. The third kappa shape index (κ3) is 3.53. The fourth-order valence-corrected chi connectivity index (χ4v) is 3.39. The predicted octanol–water partition coefficient (Wildman–Crippen LogP) is 4.41. The van der Waals surface area contributed by atoms with Crippen molar-refractivity contribution in [1.82, 2.24) is 9.88 Å². The molecule has 1 saturated heterocycles. The molecule has 0 aliphatic carbocycles. The lowest BCUT2D eigenvalue weighted by molar-refractivity contribution is -0.122. The minimum atomic E-state index is -0.772. The lowest BCUT2D eigenvalue weighted by Gasteiger charge is -2.26. The molecular weight excluding hydrogens is 402 g/mol. The molecule has 1 N–H and O–H groups in total. The van der Waals surface area contributed by atoms with Crippen molar-refractivity contribution < 1.29 is 14.4 Å². The average molecular weight is 420 g/mol. The number of nitrogens with one attached hydrogen (secondary N) is 1. The molecule has 6 nitrogen and oxygen atoms in total. The van der Waals surface area contributed by atoms with Gasteiger partial charge in [-0.2, -0.15) is 0 Å². The highest BCUT2D eigenvalue weighted by Crippen LogP contribution is 2.25. The number of anilines is 1. The van der Waals surface area contributed by atoms with Crippen LogP contribution in [0.15, 0.2) is 66.4 Å². The van der Waals surface area contributed by atoms with Gasteiger partial charge >= 0.3 is 6.03 Å². The van der Waals surface area contributed by atoms with Crippen LogP contribution in [0.5, 0.6) is 0 Å². The smallest absolute Gasteiger partial charge is 0.317 e. The fraction of sp³-hybridized carbons (Fsp3) is 0.0870. The molecule has 0 spiro atoms. The highest BCUT2D eigenvalue weighted by atomic mass is 35.5. The molecule has 150 valence electrons. The Bertz CT molecular complexity index is 1210. The molecule has 2 heterocycles. The number of halogens is 1. The minimum Gasteiger partial charge on any atom is -0.317 e. The van der Waals surface area contributed by atoms with Crippen molar-refractivity contribution in [2.45, 2.75) is 13.8 Å². The third-order valence-corrected chi connectivity index (χ3v) is 5.31. The number of carbonyl (C=O) groups is 3. The molecule has 0 saturated carbocycles. The van der Waals surface area contributed by atoms with E-state index in [0.717, 1.165) is 21.7 Å². The van der Waals surface area contributed by atoms with E-state index >= 15 is 0 Å². The van der Waals surface area contributed by atoms with Gasteiger partial charge in [0.15, 0.2) is 0 Å². The first kappa shape index (κ1) is 19.7. The number of hydrogen-bond acceptors (Lipinski definition) is 3. The number of aryl methyl sites for hydroxylation is 2. The summed E-state index contributed by atoms with van der Waals surface area (Å²) in [6, 6.07) is 15.3. The highest BCUT2D eigenvalue weighted by Gasteiger charge is 2.36. The summed E-state index contributed by atoms with van der Waals surface area (Å²) in [7, 11) is 0. The Morgan fingerprint density at radius 2 is 1.63 bits per heavy atom. The fourth-order valence-electron chi connectivity index (χ4n) is 3.21. The summed E-state index contributed by atoms with van der Waals surface area (Å²) in [5.74, 6) is -1.41. The first-order chi connectivity index (χ1) is 14.3. The first-order valence-corrected chi connectivity index (χ1v) is 9.65. The lowest BCUT2D eigenvalue weighted by atomic mass is 10.1. The number of barbiturate groups is 1. The van der Waals surface area contributed by atoms with E-state index in [-0.39, 0.29) is 5.57 Å². The van der Waals surface area contributed by atoms with E-state index in [1.807, 2.05) is 42.8 Å². The van der Waals surface area contributed by atoms with Gasteiger partial charge in [-0.3, -0.25) is 14.9 Å². The molecule has 1 fully saturated rings. The number of rotatable bonds is 3. The van der Waals surface area contributed by atoms with E-state index < -0.39 is 17.8 Å². The van der Waals surface area contributed by atoms with Crippen LogP contribution >= 0.6 is 11.6 Å². The molecule has 0 bridgehead atoms. The van der Waals surface area contributed by atoms with E-state index in [4.69, 9.17) is 11.6 Å². The molecule has 2 aromatic carbocycles. The quantitative estimate of drug-likeness (QED) is 0.504. The number of amides is 4. The molecule has 7 heteroatoms. The van der Waals surface area contributed by atoms with Crippen molar-refractivity contribution in [3.8, 4) is 5.69 Å². The summed E-state index contributed by atoms with van der Waals surface area (Å²) in [6.07, 6.45) is 3.28. The van der Waals surface area contributed by atoms with E-state index in [1.165, 1.54) is 6.08 Å². The maximum Gasteiger partial charge on any atom is 0.335 e. The summed E-state index contributed by atoms with van der Waals surface area (Å²) >= 11 is 6.24. The Morgan fingerprint density at radius 3 is 2.33 bits per heavy atom. The Labute approximate surface area is 178 Å². The SMILES string of the molecule is Cc1ccc(N2C(=O)NC(=O)/C(=C\c3cccn3-c3ccc(C)c(Cl)c3)C2=O)cc1. The van der Waals surface area contributed by atoms with Gasteiger partial charge in [0.2, 0.25) is 0 Å². The molecule has 0 unspecified atom stereocenters. The summed E-state index contributed by atoms with van der Waals surface area (Å²) in [5, 5.41) is 2.85.